The first-order valence-electron chi connectivity index (χ1n) is 4.57. The van der Waals surface area contributed by atoms with E-state index in [0.717, 1.165) is 5.92 Å². The third kappa shape index (κ3) is 2.92. The second kappa shape index (κ2) is 3.75. The van der Waals surface area contributed by atoms with Crippen molar-refractivity contribution in [2.45, 2.75) is 33.6 Å². The fourth-order valence-corrected chi connectivity index (χ4v) is 1.35. The predicted octanol–water partition coefficient (Wildman–Crippen LogP) is 3.55. The van der Waals surface area contributed by atoms with Crippen molar-refractivity contribution in [2.75, 3.05) is 0 Å². The van der Waals surface area contributed by atoms with Gasteiger partial charge in [0, 0.05) is 0 Å². The van der Waals surface area contributed by atoms with Crippen LogP contribution in [0.5, 0.6) is 0 Å². The average Bonchev–Trinajstić information content (AvgIpc) is 2.31. The lowest BCUT2D eigenvalue weighted by Crippen LogP contribution is -1.87. The molecule has 0 saturated carbocycles. The first kappa shape index (κ1) is 8.58. The van der Waals surface area contributed by atoms with Gasteiger partial charge in [0.15, 0.2) is 0 Å². The summed E-state index contributed by atoms with van der Waals surface area (Å²) in [6.45, 7) is 6.80. The molecule has 0 heterocycles. The maximum absolute atomic E-state index is 2.36. The van der Waals surface area contributed by atoms with Crippen LogP contribution in [0.3, 0.4) is 0 Å². The van der Waals surface area contributed by atoms with Gasteiger partial charge in [0.25, 0.3) is 0 Å². The molecular weight excluding hydrogens is 132 g/mol. The van der Waals surface area contributed by atoms with Crippen molar-refractivity contribution >= 4 is 0 Å². The summed E-state index contributed by atoms with van der Waals surface area (Å²) in [4.78, 5) is 0. The Balaban J connectivity index is 2.28. The molecular formula is C11H18. The van der Waals surface area contributed by atoms with Gasteiger partial charge in [0.2, 0.25) is 0 Å². The van der Waals surface area contributed by atoms with Crippen molar-refractivity contribution in [1.29, 1.82) is 0 Å². The van der Waals surface area contributed by atoms with Gasteiger partial charge in [-0.15, -0.1) is 0 Å². The summed E-state index contributed by atoms with van der Waals surface area (Å²) < 4.78 is 0. The molecule has 1 unspecified atom stereocenters. The Morgan fingerprint density at radius 2 is 2.18 bits per heavy atom. The normalized spacial score (nSPS) is 22.9. The van der Waals surface area contributed by atoms with Crippen LogP contribution in [0.1, 0.15) is 33.6 Å². The summed E-state index contributed by atoms with van der Waals surface area (Å²) in [5.74, 6) is 1.51. The summed E-state index contributed by atoms with van der Waals surface area (Å²) in [5.41, 5.74) is 1.53. The van der Waals surface area contributed by atoms with E-state index < -0.39 is 0 Å². The van der Waals surface area contributed by atoms with E-state index in [2.05, 4.69) is 39.0 Å². The molecule has 0 radical (unpaired) electrons. The Bertz CT molecular complexity index is 172. The molecule has 62 valence electrons. The van der Waals surface area contributed by atoms with Gasteiger partial charge in [0.05, 0.1) is 0 Å². The van der Waals surface area contributed by atoms with Crippen LogP contribution in [0.2, 0.25) is 0 Å². The zero-order chi connectivity index (χ0) is 8.27. The van der Waals surface area contributed by atoms with Crippen LogP contribution >= 0.6 is 0 Å². The van der Waals surface area contributed by atoms with E-state index >= 15 is 0 Å². The third-order valence-corrected chi connectivity index (χ3v) is 2.10. The van der Waals surface area contributed by atoms with E-state index in [0.29, 0.717) is 5.92 Å². The van der Waals surface area contributed by atoms with E-state index in [4.69, 9.17) is 0 Å². The van der Waals surface area contributed by atoms with E-state index in [9.17, 15) is 0 Å². The van der Waals surface area contributed by atoms with Gasteiger partial charge in [-0.05, 0) is 24.7 Å². The lowest BCUT2D eigenvalue weighted by molar-refractivity contribution is 0.588. The fraction of sp³-hybridized carbons (Fsp3) is 0.636. The molecule has 11 heavy (non-hydrogen) atoms. The quantitative estimate of drug-likeness (QED) is 0.577. The van der Waals surface area contributed by atoms with Crippen molar-refractivity contribution in [1.82, 2.24) is 0 Å². The van der Waals surface area contributed by atoms with Crippen molar-refractivity contribution in [2.24, 2.45) is 11.8 Å². The maximum atomic E-state index is 2.36. The van der Waals surface area contributed by atoms with Gasteiger partial charge in [0.1, 0.15) is 0 Å². The van der Waals surface area contributed by atoms with Crippen LogP contribution in [0.4, 0.5) is 0 Å². The van der Waals surface area contributed by atoms with E-state index in [1.54, 1.807) is 0 Å². The highest BCUT2D eigenvalue weighted by Crippen LogP contribution is 2.20. The molecule has 1 aliphatic carbocycles. The Morgan fingerprint density at radius 3 is 2.64 bits per heavy atom. The number of allylic oxidation sites excluding steroid dienone is 4. The lowest BCUT2D eigenvalue weighted by Gasteiger charge is -2.02. The van der Waals surface area contributed by atoms with Crippen molar-refractivity contribution in [3.05, 3.63) is 23.8 Å². The van der Waals surface area contributed by atoms with Crippen molar-refractivity contribution in [3.63, 3.8) is 0 Å². The van der Waals surface area contributed by atoms with Gasteiger partial charge in [-0.2, -0.15) is 0 Å². The molecule has 0 fully saturated rings. The monoisotopic (exact) mass is 150 g/mol. The van der Waals surface area contributed by atoms with Gasteiger partial charge >= 0.3 is 0 Å². The summed E-state index contributed by atoms with van der Waals surface area (Å²) in [7, 11) is 0. The lowest BCUT2D eigenvalue weighted by atomic mass is 10.0. The molecule has 0 spiro atoms. The zero-order valence-corrected chi connectivity index (χ0v) is 7.80. The molecule has 0 amide bonds. The minimum atomic E-state index is 0.678. The molecule has 0 bridgehead atoms. The van der Waals surface area contributed by atoms with E-state index in [1.165, 1.54) is 18.4 Å². The van der Waals surface area contributed by atoms with Crippen LogP contribution in [0.25, 0.3) is 0 Å². The van der Waals surface area contributed by atoms with E-state index in [1.807, 2.05) is 0 Å². The first-order chi connectivity index (χ1) is 5.18. The minimum absolute atomic E-state index is 0.678. The van der Waals surface area contributed by atoms with Crippen LogP contribution in [-0.4, -0.2) is 0 Å². The van der Waals surface area contributed by atoms with Gasteiger partial charge in [-0.1, -0.05) is 44.6 Å². The molecule has 0 nitrogen and oxygen atoms in total. The van der Waals surface area contributed by atoms with Crippen LogP contribution in [0, 0.1) is 11.8 Å². The summed E-state index contributed by atoms with van der Waals surface area (Å²) >= 11 is 0. The molecule has 1 atom stereocenters. The molecule has 0 N–H and O–H groups in total. The Kier molecular flexibility index (Phi) is 2.92. The molecule has 0 heteroatoms. The van der Waals surface area contributed by atoms with Crippen molar-refractivity contribution in [3.8, 4) is 0 Å². The Labute approximate surface area is 70.0 Å². The third-order valence-electron chi connectivity index (χ3n) is 2.10. The standard InChI is InChI=1S/C11H18/c1-9(2)4-6-11-7-5-10(3)8-11/h5,7-10H,4,6H2,1-3H3. The van der Waals surface area contributed by atoms with Crippen LogP contribution < -0.4 is 0 Å². The number of hydrogen-bond acceptors (Lipinski definition) is 0. The minimum Gasteiger partial charge on any atom is -0.0776 e. The highest BCUT2D eigenvalue weighted by atomic mass is 14.1. The SMILES string of the molecule is CC1C=CC(CCC(C)C)=C1. The largest absolute Gasteiger partial charge is 0.0776 e. The molecule has 0 aliphatic heterocycles. The molecule has 0 aromatic rings. The van der Waals surface area contributed by atoms with Crippen molar-refractivity contribution < 1.29 is 0 Å². The van der Waals surface area contributed by atoms with Crippen LogP contribution in [0.15, 0.2) is 23.8 Å². The second-order valence-electron chi connectivity index (χ2n) is 3.89. The van der Waals surface area contributed by atoms with E-state index in [-0.39, 0.29) is 0 Å². The Hall–Kier alpha value is -0.520. The van der Waals surface area contributed by atoms with Crippen LogP contribution in [-0.2, 0) is 0 Å². The smallest absolute Gasteiger partial charge is 0.00728 e. The highest BCUT2D eigenvalue weighted by molar-refractivity contribution is 5.28. The molecule has 0 aromatic carbocycles. The number of rotatable bonds is 3. The molecule has 1 aliphatic rings. The zero-order valence-electron chi connectivity index (χ0n) is 7.80. The first-order valence-corrected chi connectivity index (χ1v) is 4.57. The Morgan fingerprint density at radius 1 is 1.45 bits per heavy atom. The maximum Gasteiger partial charge on any atom is -0.00728 e. The molecule has 1 rings (SSSR count). The highest BCUT2D eigenvalue weighted by Gasteiger charge is 2.04. The number of hydrogen-bond donors (Lipinski definition) is 0. The van der Waals surface area contributed by atoms with Gasteiger partial charge < -0.3 is 0 Å². The summed E-state index contributed by atoms with van der Waals surface area (Å²) in [6.07, 6.45) is 9.49. The topological polar surface area (TPSA) is 0 Å². The second-order valence-corrected chi connectivity index (χ2v) is 3.89. The molecule has 0 saturated heterocycles. The average molecular weight is 150 g/mol. The van der Waals surface area contributed by atoms with Gasteiger partial charge in [-0.25, -0.2) is 0 Å². The van der Waals surface area contributed by atoms with Gasteiger partial charge in [-0.3, -0.25) is 0 Å². The predicted molar refractivity (Wildman–Crippen MR) is 50.5 cm³/mol. The fourth-order valence-electron chi connectivity index (χ4n) is 1.35. The summed E-state index contributed by atoms with van der Waals surface area (Å²) in [5, 5.41) is 0. The molecule has 0 aromatic heterocycles. The summed E-state index contributed by atoms with van der Waals surface area (Å²) in [6, 6.07) is 0.